The molecule has 0 aromatic heterocycles. The molecule has 0 radical (unpaired) electrons. The van der Waals surface area contributed by atoms with E-state index in [0.717, 1.165) is 58.5 Å². The smallest absolute Gasteiger partial charge is 0.224 e. The molecule has 5 nitrogen and oxygen atoms in total. The SMILES string of the molecule is CCCOC1CCCN(C(=O)CC2COCCN2)CC1. The van der Waals surface area contributed by atoms with Gasteiger partial charge in [0, 0.05) is 38.7 Å². The zero-order chi connectivity index (χ0) is 14.2. The summed E-state index contributed by atoms with van der Waals surface area (Å²) < 4.78 is 11.2. The fourth-order valence-electron chi connectivity index (χ4n) is 2.86. The normalized spacial score (nSPS) is 28.1. The number of rotatable bonds is 5. The summed E-state index contributed by atoms with van der Waals surface area (Å²) in [6.45, 7) is 6.93. The van der Waals surface area contributed by atoms with Crippen LogP contribution < -0.4 is 5.32 Å². The number of likely N-dealkylation sites (tertiary alicyclic amines) is 1. The molecule has 2 fully saturated rings. The molecule has 2 rings (SSSR count). The first-order valence-corrected chi connectivity index (χ1v) is 8.00. The fourth-order valence-corrected chi connectivity index (χ4v) is 2.86. The molecule has 0 aromatic carbocycles. The molecule has 2 aliphatic heterocycles. The Kier molecular flexibility index (Phi) is 6.76. The maximum atomic E-state index is 12.3. The maximum absolute atomic E-state index is 12.3. The van der Waals surface area contributed by atoms with Gasteiger partial charge in [-0.25, -0.2) is 0 Å². The minimum Gasteiger partial charge on any atom is -0.378 e. The van der Waals surface area contributed by atoms with Gasteiger partial charge in [-0.05, 0) is 25.7 Å². The lowest BCUT2D eigenvalue weighted by Gasteiger charge is -2.27. The molecule has 5 heteroatoms. The third-order valence-corrected chi connectivity index (χ3v) is 4.00. The molecule has 2 atom stereocenters. The van der Waals surface area contributed by atoms with Crippen molar-refractivity contribution in [2.75, 3.05) is 39.5 Å². The number of hydrogen-bond donors (Lipinski definition) is 1. The van der Waals surface area contributed by atoms with Crippen molar-refractivity contribution in [2.45, 2.75) is 51.2 Å². The topological polar surface area (TPSA) is 50.8 Å². The molecular formula is C15H28N2O3. The predicted octanol–water partition coefficient (Wildman–Crippen LogP) is 1.17. The fraction of sp³-hybridized carbons (Fsp3) is 0.933. The minimum absolute atomic E-state index is 0.187. The van der Waals surface area contributed by atoms with Crippen LogP contribution in [0.2, 0.25) is 0 Å². The van der Waals surface area contributed by atoms with Crippen molar-refractivity contribution in [3.05, 3.63) is 0 Å². The number of amides is 1. The van der Waals surface area contributed by atoms with Crippen molar-refractivity contribution in [3.8, 4) is 0 Å². The van der Waals surface area contributed by atoms with Crippen LogP contribution >= 0.6 is 0 Å². The average molecular weight is 284 g/mol. The second-order valence-electron chi connectivity index (χ2n) is 5.73. The molecule has 0 aliphatic carbocycles. The third kappa shape index (κ3) is 5.04. The van der Waals surface area contributed by atoms with E-state index < -0.39 is 0 Å². The van der Waals surface area contributed by atoms with Crippen LogP contribution in [0, 0.1) is 0 Å². The lowest BCUT2D eigenvalue weighted by atomic mass is 10.1. The lowest BCUT2D eigenvalue weighted by Crippen LogP contribution is -2.45. The first-order valence-electron chi connectivity index (χ1n) is 8.00. The highest BCUT2D eigenvalue weighted by molar-refractivity contribution is 5.76. The molecule has 1 N–H and O–H groups in total. The van der Waals surface area contributed by atoms with E-state index in [1.165, 1.54) is 0 Å². The van der Waals surface area contributed by atoms with E-state index >= 15 is 0 Å². The maximum Gasteiger partial charge on any atom is 0.224 e. The molecule has 20 heavy (non-hydrogen) atoms. The zero-order valence-electron chi connectivity index (χ0n) is 12.6. The average Bonchev–Trinajstić information content (AvgIpc) is 2.72. The molecule has 1 amide bonds. The molecule has 0 bridgehead atoms. The summed E-state index contributed by atoms with van der Waals surface area (Å²) in [5.74, 6) is 0.254. The van der Waals surface area contributed by atoms with Crippen LogP contribution in [0.25, 0.3) is 0 Å². The molecule has 2 unspecified atom stereocenters. The standard InChI is InChI=1S/C15H28N2O3/c1-2-9-20-14-4-3-7-17(8-5-14)15(18)11-13-12-19-10-6-16-13/h13-14,16H,2-12H2,1H3. The summed E-state index contributed by atoms with van der Waals surface area (Å²) in [6.07, 6.45) is 5.06. The Labute approximate surface area is 122 Å². The summed E-state index contributed by atoms with van der Waals surface area (Å²) in [6, 6.07) is 0.187. The molecular weight excluding hydrogens is 256 g/mol. The monoisotopic (exact) mass is 284 g/mol. The third-order valence-electron chi connectivity index (χ3n) is 4.00. The van der Waals surface area contributed by atoms with Crippen LogP contribution in [-0.2, 0) is 14.3 Å². The van der Waals surface area contributed by atoms with E-state index in [0.29, 0.717) is 19.1 Å². The number of nitrogens with zero attached hydrogens (tertiary/aromatic N) is 1. The van der Waals surface area contributed by atoms with Gasteiger partial charge in [0.05, 0.1) is 19.3 Å². The highest BCUT2D eigenvalue weighted by Gasteiger charge is 2.24. The van der Waals surface area contributed by atoms with E-state index in [9.17, 15) is 4.79 Å². The van der Waals surface area contributed by atoms with Gasteiger partial charge in [0.15, 0.2) is 0 Å². The Morgan fingerprint density at radius 1 is 1.40 bits per heavy atom. The second-order valence-corrected chi connectivity index (χ2v) is 5.73. The van der Waals surface area contributed by atoms with E-state index in [-0.39, 0.29) is 11.9 Å². The zero-order valence-corrected chi connectivity index (χ0v) is 12.6. The largest absolute Gasteiger partial charge is 0.378 e. The molecule has 0 saturated carbocycles. The molecule has 2 saturated heterocycles. The molecule has 116 valence electrons. The van der Waals surface area contributed by atoms with Gasteiger partial charge in [0.2, 0.25) is 5.91 Å². The number of nitrogens with one attached hydrogen (secondary N) is 1. The van der Waals surface area contributed by atoms with Gasteiger partial charge in [0.1, 0.15) is 0 Å². The molecule has 0 spiro atoms. The number of morpholine rings is 1. The van der Waals surface area contributed by atoms with E-state index in [1.807, 2.05) is 4.90 Å². The summed E-state index contributed by atoms with van der Waals surface area (Å²) in [7, 11) is 0. The highest BCUT2D eigenvalue weighted by atomic mass is 16.5. The van der Waals surface area contributed by atoms with Crippen LogP contribution in [0.1, 0.15) is 39.0 Å². The lowest BCUT2D eigenvalue weighted by molar-refractivity contribution is -0.132. The van der Waals surface area contributed by atoms with Crippen molar-refractivity contribution in [1.29, 1.82) is 0 Å². The Hall–Kier alpha value is -0.650. The van der Waals surface area contributed by atoms with Crippen molar-refractivity contribution in [1.82, 2.24) is 10.2 Å². The van der Waals surface area contributed by atoms with Crippen molar-refractivity contribution >= 4 is 5.91 Å². The van der Waals surface area contributed by atoms with Gasteiger partial charge < -0.3 is 19.7 Å². The number of hydrogen-bond acceptors (Lipinski definition) is 4. The van der Waals surface area contributed by atoms with Crippen LogP contribution in [-0.4, -0.2) is 62.4 Å². The van der Waals surface area contributed by atoms with Gasteiger partial charge in [-0.15, -0.1) is 0 Å². The number of ether oxygens (including phenoxy) is 2. The van der Waals surface area contributed by atoms with Gasteiger partial charge in [-0.3, -0.25) is 4.79 Å². The Bertz CT molecular complexity index is 293. The van der Waals surface area contributed by atoms with Gasteiger partial charge in [-0.1, -0.05) is 6.92 Å². The van der Waals surface area contributed by atoms with Crippen LogP contribution in [0.4, 0.5) is 0 Å². The van der Waals surface area contributed by atoms with Gasteiger partial charge in [0.25, 0.3) is 0 Å². The molecule has 2 heterocycles. The summed E-state index contributed by atoms with van der Waals surface area (Å²) >= 11 is 0. The van der Waals surface area contributed by atoms with Crippen molar-refractivity contribution in [3.63, 3.8) is 0 Å². The number of carbonyl (C=O) groups is 1. The van der Waals surface area contributed by atoms with Crippen molar-refractivity contribution in [2.24, 2.45) is 0 Å². The quantitative estimate of drug-likeness (QED) is 0.823. The highest BCUT2D eigenvalue weighted by Crippen LogP contribution is 2.16. The summed E-state index contributed by atoms with van der Waals surface area (Å²) in [5, 5.41) is 3.34. The minimum atomic E-state index is 0.187. The Morgan fingerprint density at radius 3 is 3.05 bits per heavy atom. The van der Waals surface area contributed by atoms with E-state index in [1.54, 1.807) is 0 Å². The first kappa shape index (κ1) is 15.7. The number of carbonyl (C=O) groups excluding carboxylic acids is 1. The Balaban J connectivity index is 1.72. The Morgan fingerprint density at radius 2 is 2.30 bits per heavy atom. The van der Waals surface area contributed by atoms with Crippen LogP contribution in [0.15, 0.2) is 0 Å². The summed E-state index contributed by atoms with van der Waals surface area (Å²) in [4.78, 5) is 14.3. The van der Waals surface area contributed by atoms with E-state index in [2.05, 4.69) is 12.2 Å². The van der Waals surface area contributed by atoms with Gasteiger partial charge in [-0.2, -0.15) is 0 Å². The second kappa shape index (κ2) is 8.60. The van der Waals surface area contributed by atoms with Crippen LogP contribution in [0.3, 0.4) is 0 Å². The van der Waals surface area contributed by atoms with Crippen LogP contribution in [0.5, 0.6) is 0 Å². The first-order chi connectivity index (χ1) is 9.79. The predicted molar refractivity (Wildman–Crippen MR) is 77.7 cm³/mol. The van der Waals surface area contributed by atoms with Gasteiger partial charge >= 0.3 is 0 Å². The molecule has 0 aromatic rings. The van der Waals surface area contributed by atoms with E-state index in [4.69, 9.17) is 9.47 Å². The molecule has 2 aliphatic rings. The summed E-state index contributed by atoms with van der Waals surface area (Å²) in [5.41, 5.74) is 0. The van der Waals surface area contributed by atoms with Crippen molar-refractivity contribution < 1.29 is 14.3 Å².